The Labute approximate surface area is 131 Å². The molecular weight excluding hydrogens is 274 g/mol. The van der Waals surface area contributed by atoms with E-state index in [1.54, 1.807) is 7.05 Å². The molecule has 1 N–H and O–H groups in total. The monoisotopic (exact) mass is 295 g/mol. The van der Waals surface area contributed by atoms with Gasteiger partial charge in [0.15, 0.2) is 0 Å². The second-order valence-corrected chi connectivity index (χ2v) is 5.09. The molecule has 0 spiro atoms. The molecular formula is C18H21N3O. The highest BCUT2D eigenvalue weighted by Crippen LogP contribution is 2.17. The molecule has 4 nitrogen and oxygen atoms in total. The number of nitrogens with one attached hydrogen (secondary N) is 1. The molecule has 2 aromatic carbocycles. The van der Waals surface area contributed by atoms with Crippen LogP contribution in [0.5, 0.6) is 0 Å². The fourth-order valence-corrected chi connectivity index (χ4v) is 2.09. The van der Waals surface area contributed by atoms with Crippen molar-refractivity contribution >= 4 is 23.1 Å². The van der Waals surface area contributed by atoms with Gasteiger partial charge in [0.05, 0.1) is 12.3 Å². The molecule has 0 saturated carbocycles. The zero-order chi connectivity index (χ0) is 15.9. The molecule has 0 aromatic heterocycles. The molecule has 1 amide bonds. The highest BCUT2D eigenvalue weighted by atomic mass is 16.1. The lowest BCUT2D eigenvalue weighted by Gasteiger charge is -2.18. The third-order valence-corrected chi connectivity index (χ3v) is 3.55. The van der Waals surface area contributed by atoms with Crippen molar-refractivity contribution in [2.24, 2.45) is 4.99 Å². The second kappa shape index (κ2) is 7.41. The van der Waals surface area contributed by atoms with E-state index in [1.807, 2.05) is 73.5 Å². The molecule has 2 aromatic rings. The van der Waals surface area contributed by atoms with E-state index in [2.05, 4.69) is 10.3 Å². The lowest BCUT2D eigenvalue weighted by molar-refractivity contribution is -0.115. The lowest BCUT2D eigenvalue weighted by atomic mass is 10.1. The predicted octanol–water partition coefficient (Wildman–Crippen LogP) is 3.35. The van der Waals surface area contributed by atoms with Gasteiger partial charge < -0.3 is 10.2 Å². The van der Waals surface area contributed by atoms with Gasteiger partial charge in [-0.1, -0.05) is 30.3 Å². The maximum Gasteiger partial charge on any atom is 0.228 e. The Bertz CT molecular complexity index is 648. The van der Waals surface area contributed by atoms with Crippen LogP contribution >= 0.6 is 0 Å². The third-order valence-electron chi connectivity index (χ3n) is 3.55. The first kappa shape index (κ1) is 15.8. The van der Waals surface area contributed by atoms with Crippen LogP contribution in [0, 0.1) is 0 Å². The zero-order valence-corrected chi connectivity index (χ0v) is 13.2. The normalized spacial score (nSPS) is 11.1. The quantitative estimate of drug-likeness (QED) is 0.694. The Morgan fingerprint density at radius 3 is 2.32 bits per heavy atom. The number of carbonyl (C=O) groups is 1. The first-order chi connectivity index (χ1) is 10.6. The standard InChI is InChI=1S/C18H21N3O/c1-14(19-2)21(3)17-11-9-16(10-12-17)20-18(22)13-15-7-5-4-6-8-15/h4-12H,13H2,1-3H3,(H,20,22). The molecule has 0 saturated heterocycles. The summed E-state index contributed by atoms with van der Waals surface area (Å²) in [4.78, 5) is 18.2. The van der Waals surface area contributed by atoms with Gasteiger partial charge in [0.25, 0.3) is 0 Å². The molecule has 0 atom stereocenters. The van der Waals surface area contributed by atoms with Crippen LogP contribution in [0.25, 0.3) is 0 Å². The van der Waals surface area contributed by atoms with Crippen molar-refractivity contribution in [2.45, 2.75) is 13.3 Å². The number of carbonyl (C=O) groups excluding carboxylic acids is 1. The third kappa shape index (κ3) is 4.19. The number of benzene rings is 2. The van der Waals surface area contributed by atoms with Gasteiger partial charge in [0, 0.05) is 25.5 Å². The molecule has 4 heteroatoms. The molecule has 0 aliphatic heterocycles. The van der Waals surface area contributed by atoms with Crippen LogP contribution in [0.3, 0.4) is 0 Å². The van der Waals surface area contributed by atoms with E-state index in [4.69, 9.17) is 0 Å². The first-order valence-corrected chi connectivity index (χ1v) is 7.21. The van der Waals surface area contributed by atoms with E-state index in [9.17, 15) is 4.79 Å². The largest absolute Gasteiger partial charge is 0.334 e. The van der Waals surface area contributed by atoms with Gasteiger partial charge in [-0.3, -0.25) is 9.79 Å². The summed E-state index contributed by atoms with van der Waals surface area (Å²) < 4.78 is 0. The minimum Gasteiger partial charge on any atom is -0.334 e. The summed E-state index contributed by atoms with van der Waals surface area (Å²) >= 11 is 0. The molecule has 0 bridgehead atoms. The molecule has 0 fully saturated rings. The van der Waals surface area contributed by atoms with E-state index in [1.165, 1.54) is 0 Å². The second-order valence-electron chi connectivity index (χ2n) is 5.09. The van der Waals surface area contributed by atoms with Crippen LogP contribution in [0.15, 0.2) is 59.6 Å². The summed E-state index contributed by atoms with van der Waals surface area (Å²) in [6.45, 7) is 1.95. The minimum absolute atomic E-state index is 0.0152. The summed E-state index contributed by atoms with van der Waals surface area (Å²) in [5.74, 6) is 0.916. The lowest BCUT2D eigenvalue weighted by Crippen LogP contribution is -2.23. The average Bonchev–Trinajstić information content (AvgIpc) is 2.55. The Morgan fingerprint density at radius 1 is 1.09 bits per heavy atom. The summed E-state index contributed by atoms with van der Waals surface area (Å²) in [5.41, 5.74) is 2.83. The van der Waals surface area contributed by atoms with Gasteiger partial charge in [-0.15, -0.1) is 0 Å². The maximum atomic E-state index is 12.0. The predicted molar refractivity (Wildman–Crippen MR) is 92.7 cm³/mol. The van der Waals surface area contributed by atoms with Crippen LogP contribution < -0.4 is 10.2 Å². The SMILES string of the molecule is CN=C(C)N(C)c1ccc(NC(=O)Cc2ccccc2)cc1. The number of hydrogen-bond acceptors (Lipinski definition) is 2. The van der Waals surface area contributed by atoms with E-state index in [-0.39, 0.29) is 5.91 Å². The van der Waals surface area contributed by atoms with Crippen molar-refractivity contribution in [3.8, 4) is 0 Å². The molecule has 2 rings (SSSR count). The number of aliphatic imine (C=N–C) groups is 1. The van der Waals surface area contributed by atoms with Crippen LogP contribution in [-0.2, 0) is 11.2 Å². The van der Waals surface area contributed by atoms with E-state index in [0.717, 1.165) is 22.8 Å². The number of amides is 1. The van der Waals surface area contributed by atoms with Crippen LogP contribution in [-0.4, -0.2) is 25.8 Å². The number of anilines is 2. The van der Waals surface area contributed by atoms with Gasteiger partial charge in [0.1, 0.15) is 0 Å². The van der Waals surface area contributed by atoms with Crippen LogP contribution in [0.1, 0.15) is 12.5 Å². The van der Waals surface area contributed by atoms with Crippen molar-refractivity contribution in [2.75, 3.05) is 24.3 Å². The fraction of sp³-hybridized carbons (Fsp3) is 0.222. The Hall–Kier alpha value is -2.62. The van der Waals surface area contributed by atoms with Gasteiger partial charge in [-0.2, -0.15) is 0 Å². The van der Waals surface area contributed by atoms with Crippen molar-refractivity contribution in [3.05, 3.63) is 60.2 Å². The number of nitrogens with zero attached hydrogens (tertiary/aromatic N) is 2. The van der Waals surface area contributed by atoms with Crippen molar-refractivity contribution in [3.63, 3.8) is 0 Å². The number of rotatable bonds is 4. The van der Waals surface area contributed by atoms with Gasteiger partial charge >= 0.3 is 0 Å². The van der Waals surface area contributed by atoms with E-state index < -0.39 is 0 Å². The molecule has 0 radical (unpaired) electrons. The Kier molecular flexibility index (Phi) is 5.31. The minimum atomic E-state index is -0.0152. The molecule has 114 valence electrons. The van der Waals surface area contributed by atoms with Gasteiger partial charge in [0.2, 0.25) is 5.91 Å². The summed E-state index contributed by atoms with van der Waals surface area (Å²) in [6.07, 6.45) is 0.379. The summed E-state index contributed by atoms with van der Waals surface area (Å²) in [7, 11) is 3.73. The summed E-state index contributed by atoms with van der Waals surface area (Å²) in [6, 6.07) is 17.4. The van der Waals surface area contributed by atoms with Crippen molar-refractivity contribution < 1.29 is 4.79 Å². The fourth-order valence-electron chi connectivity index (χ4n) is 2.09. The van der Waals surface area contributed by atoms with Crippen molar-refractivity contribution in [1.29, 1.82) is 0 Å². The molecule has 0 heterocycles. The highest BCUT2D eigenvalue weighted by Gasteiger charge is 2.06. The smallest absolute Gasteiger partial charge is 0.228 e. The maximum absolute atomic E-state index is 12.0. The first-order valence-electron chi connectivity index (χ1n) is 7.21. The van der Waals surface area contributed by atoms with E-state index >= 15 is 0 Å². The van der Waals surface area contributed by atoms with Gasteiger partial charge in [-0.25, -0.2) is 0 Å². The molecule has 22 heavy (non-hydrogen) atoms. The number of amidine groups is 1. The molecule has 0 aliphatic rings. The Balaban J connectivity index is 1.98. The Morgan fingerprint density at radius 2 is 1.73 bits per heavy atom. The molecule has 0 aliphatic carbocycles. The van der Waals surface area contributed by atoms with Gasteiger partial charge in [-0.05, 0) is 36.8 Å². The van der Waals surface area contributed by atoms with Crippen molar-refractivity contribution in [1.82, 2.24) is 0 Å². The highest BCUT2D eigenvalue weighted by molar-refractivity contribution is 5.96. The molecule has 0 unspecified atom stereocenters. The average molecular weight is 295 g/mol. The number of hydrogen-bond donors (Lipinski definition) is 1. The topological polar surface area (TPSA) is 44.7 Å². The van der Waals surface area contributed by atoms with E-state index in [0.29, 0.717) is 6.42 Å². The summed E-state index contributed by atoms with van der Waals surface area (Å²) in [5, 5.41) is 2.91. The van der Waals surface area contributed by atoms with Crippen LogP contribution in [0.4, 0.5) is 11.4 Å². The van der Waals surface area contributed by atoms with Crippen LogP contribution in [0.2, 0.25) is 0 Å². The zero-order valence-electron chi connectivity index (χ0n) is 13.2.